The molecule has 0 aliphatic heterocycles. The van der Waals surface area contributed by atoms with Crippen LogP contribution >= 0.6 is 0 Å². The fraction of sp³-hybridized carbons (Fsp3) is 0.250. The number of anilines is 1. The van der Waals surface area contributed by atoms with Crippen LogP contribution in [-0.4, -0.2) is 32.4 Å². The molecule has 0 bridgehead atoms. The fourth-order valence-electron chi connectivity index (χ4n) is 2.40. The van der Waals surface area contributed by atoms with Gasteiger partial charge >= 0.3 is 11.7 Å². The van der Waals surface area contributed by atoms with Crippen LogP contribution in [0.4, 0.5) is 11.5 Å². The summed E-state index contributed by atoms with van der Waals surface area (Å²) in [5, 5.41) is 10.8. The molecule has 1 aromatic heterocycles. The van der Waals surface area contributed by atoms with Gasteiger partial charge in [-0.3, -0.25) is 28.8 Å². The Labute approximate surface area is 151 Å². The maximum Gasteiger partial charge on any atom is 0.338 e. The van der Waals surface area contributed by atoms with Gasteiger partial charge in [0, 0.05) is 25.7 Å². The maximum absolute atomic E-state index is 12.3. The van der Waals surface area contributed by atoms with Crippen molar-refractivity contribution in [1.82, 2.24) is 9.13 Å². The number of nitrogens with two attached hydrogens (primary N) is 1. The van der Waals surface area contributed by atoms with E-state index in [1.54, 1.807) is 0 Å². The van der Waals surface area contributed by atoms with Crippen LogP contribution in [0.5, 0.6) is 0 Å². The number of hydrogen-bond acceptors (Lipinski definition) is 8. The van der Waals surface area contributed by atoms with Crippen LogP contribution in [0.15, 0.2) is 27.8 Å². The third-order valence-electron chi connectivity index (χ3n) is 3.95. The average molecular weight is 376 g/mol. The standard InChI is InChI=1S/C16H16N4O7/c1-8-6-9(4-5-10(8)20(25)26)15(23)27-7-11(21)12-13(17)18(2)16(24)19(3)14(12)22/h4-6H,7,17H2,1-3H3. The Balaban J connectivity index is 2.23. The quantitative estimate of drug-likeness (QED) is 0.329. The van der Waals surface area contributed by atoms with Gasteiger partial charge in [-0.05, 0) is 19.1 Å². The minimum absolute atomic E-state index is 0.00670. The highest BCUT2D eigenvalue weighted by atomic mass is 16.6. The van der Waals surface area contributed by atoms with E-state index in [0.29, 0.717) is 4.57 Å². The zero-order valence-electron chi connectivity index (χ0n) is 14.7. The molecular weight excluding hydrogens is 360 g/mol. The second-order valence-electron chi connectivity index (χ2n) is 5.72. The molecule has 0 aliphatic rings. The number of ketones is 1. The number of nitro groups is 1. The Kier molecular flexibility index (Phi) is 5.24. The zero-order valence-corrected chi connectivity index (χ0v) is 14.7. The monoisotopic (exact) mass is 376 g/mol. The summed E-state index contributed by atoms with van der Waals surface area (Å²) in [7, 11) is 2.48. The number of benzene rings is 1. The summed E-state index contributed by atoms with van der Waals surface area (Å²) in [6.07, 6.45) is 0. The topological polar surface area (TPSA) is 157 Å². The summed E-state index contributed by atoms with van der Waals surface area (Å²) in [5.74, 6) is -2.12. The molecule has 0 saturated heterocycles. The molecule has 2 aromatic rings. The van der Waals surface area contributed by atoms with E-state index in [2.05, 4.69) is 0 Å². The molecule has 1 aromatic carbocycles. The molecule has 27 heavy (non-hydrogen) atoms. The first kappa shape index (κ1) is 19.6. The molecule has 0 aliphatic carbocycles. The number of Topliss-reactive ketones (excluding diaryl/α,β-unsaturated/α-hetero) is 1. The minimum Gasteiger partial charge on any atom is -0.454 e. The Bertz CT molecular complexity index is 1080. The molecule has 11 heteroatoms. The first-order valence-electron chi connectivity index (χ1n) is 7.57. The molecule has 0 atom stereocenters. The third-order valence-corrected chi connectivity index (χ3v) is 3.95. The van der Waals surface area contributed by atoms with Crippen LogP contribution in [0.25, 0.3) is 0 Å². The van der Waals surface area contributed by atoms with E-state index in [1.807, 2.05) is 0 Å². The van der Waals surface area contributed by atoms with E-state index in [4.69, 9.17) is 10.5 Å². The first-order chi connectivity index (χ1) is 12.6. The van der Waals surface area contributed by atoms with E-state index in [9.17, 15) is 29.3 Å². The van der Waals surface area contributed by atoms with Gasteiger partial charge in [0.05, 0.1) is 10.5 Å². The molecule has 0 unspecified atom stereocenters. The van der Waals surface area contributed by atoms with E-state index < -0.39 is 40.1 Å². The number of ether oxygens (including phenoxy) is 1. The largest absolute Gasteiger partial charge is 0.454 e. The predicted molar refractivity (Wildman–Crippen MR) is 93.8 cm³/mol. The van der Waals surface area contributed by atoms with Crippen molar-refractivity contribution in [3.05, 3.63) is 65.8 Å². The molecule has 11 nitrogen and oxygen atoms in total. The highest BCUT2D eigenvalue weighted by Crippen LogP contribution is 2.19. The molecule has 0 radical (unpaired) electrons. The molecule has 2 rings (SSSR count). The SMILES string of the molecule is Cc1cc(C(=O)OCC(=O)c2c(N)n(C)c(=O)n(C)c2=O)ccc1[N+](=O)[O-]. The molecule has 1 heterocycles. The summed E-state index contributed by atoms with van der Waals surface area (Å²) in [6.45, 7) is 0.668. The van der Waals surface area contributed by atoms with Crippen LogP contribution < -0.4 is 17.0 Å². The molecule has 0 saturated carbocycles. The number of hydrogen-bond donors (Lipinski definition) is 1. The van der Waals surface area contributed by atoms with Gasteiger partial charge < -0.3 is 10.5 Å². The van der Waals surface area contributed by atoms with Gasteiger partial charge in [-0.25, -0.2) is 9.59 Å². The van der Waals surface area contributed by atoms with Crippen LogP contribution in [0, 0.1) is 17.0 Å². The molecule has 142 valence electrons. The minimum atomic E-state index is -0.901. The van der Waals surface area contributed by atoms with Crippen molar-refractivity contribution in [3.63, 3.8) is 0 Å². The van der Waals surface area contributed by atoms with Crippen LogP contribution in [0.1, 0.15) is 26.3 Å². The fourth-order valence-corrected chi connectivity index (χ4v) is 2.40. The molecule has 0 amide bonds. The highest BCUT2D eigenvalue weighted by molar-refractivity contribution is 6.02. The summed E-state index contributed by atoms with van der Waals surface area (Å²) < 4.78 is 6.51. The number of nitrogen functional groups attached to an aromatic ring is 1. The number of esters is 1. The molecule has 0 spiro atoms. The van der Waals surface area contributed by atoms with Crippen molar-refractivity contribution in [2.24, 2.45) is 14.1 Å². The summed E-state index contributed by atoms with van der Waals surface area (Å²) in [6, 6.07) is 3.59. The normalized spacial score (nSPS) is 10.5. The van der Waals surface area contributed by atoms with Crippen molar-refractivity contribution in [3.8, 4) is 0 Å². The van der Waals surface area contributed by atoms with E-state index in [-0.39, 0.29) is 22.6 Å². The van der Waals surface area contributed by atoms with Gasteiger partial charge in [0.15, 0.2) is 6.61 Å². The van der Waals surface area contributed by atoms with Gasteiger partial charge in [-0.1, -0.05) is 0 Å². The number of nitrogens with zero attached hydrogens (tertiary/aromatic N) is 3. The first-order valence-corrected chi connectivity index (χ1v) is 7.57. The van der Waals surface area contributed by atoms with Crippen LogP contribution in [0.3, 0.4) is 0 Å². The number of carbonyl (C=O) groups excluding carboxylic acids is 2. The Morgan fingerprint density at radius 3 is 2.41 bits per heavy atom. The number of carbonyl (C=O) groups is 2. The lowest BCUT2D eigenvalue weighted by Gasteiger charge is -2.11. The Morgan fingerprint density at radius 1 is 1.22 bits per heavy atom. The smallest absolute Gasteiger partial charge is 0.338 e. The number of aryl methyl sites for hydroxylation is 1. The summed E-state index contributed by atoms with van der Waals surface area (Å²) in [5.41, 5.74) is 3.68. The molecular formula is C16H16N4O7. The molecule has 2 N–H and O–H groups in total. The molecule has 0 fully saturated rings. The Morgan fingerprint density at radius 2 is 1.85 bits per heavy atom. The van der Waals surface area contributed by atoms with E-state index in [1.165, 1.54) is 33.2 Å². The van der Waals surface area contributed by atoms with E-state index >= 15 is 0 Å². The van der Waals surface area contributed by atoms with Gasteiger partial charge in [-0.15, -0.1) is 0 Å². The van der Waals surface area contributed by atoms with E-state index in [0.717, 1.165) is 10.6 Å². The zero-order chi connectivity index (χ0) is 20.5. The van der Waals surface area contributed by atoms with Crippen molar-refractivity contribution < 1.29 is 19.2 Å². The van der Waals surface area contributed by atoms with Crippen molar-refractivity contribution in [2.75, 3.05) is 12.3 Å². The number of rotatable bonds is 5. The Hall–Kier alpha value is -3.76. The maximum atomic E-state index is 12.3. The lowest BCUT2D eigenvalue weighted by Crippen LogP contribution is -2.42. The summed E-state index contributed by atoms with van der Waals surface area (Å²) >= 11 is 0. The second-order valence-corrected chi connectivity index (χ2v) is 5.72. The van der Waals surface area contributed by atoms with Gasteiger partial charge in [0.1, 0.15) is 11.4 Å². The van der Waals surface area contributed by atoms with Crippen LogP contribution in [-0.2, 0) is 18.8 Å². The van der Waals surface area contributed by atoms with Gasteiger partial charge in [0.2, 0.25) is 5.78 Å². The van der Waals surface area contributed by atoms with Gasteiger partial charge in [-0.2, -0.15) is 0 Å². The lowest BCUT2D eigenvalue weighted by atomic mass is 10.1. The average Bonchev–Trinajstić information content (AvgIpc) is 2.62. The van der Waals surface area contributed by atoms with Crippen molar-refractivity contribution in [2.45, 2.75) is 6.92 Å². The summed E-state index contributed by atoms with van der Waals surface area (Å²) in [4.78, 5) is 58.4. The number of aromatic nitrogens is 2. The highest BCUT2D eigenvalue weighted by Gasteiger charge is 2.22. The van der Waals surface area contributed by atoms with Crippen molar-refractivity contribution >= 4 is 23.3 Å². The number of nitro benzene ring substituents is 1. The second kappa shape index (κ2) is 7.23. The predicted octanol–water partition coefficient (Wildman–Crippen LogP) is -0.0775. The van der Waals surface area contributed by atoms with Gasteiger partial charge in [0.25, 0.3) is 11.2 Å². The van der Waals surface area contributed by atoms with Crippen LogP contribution in [0.2, 0.25) is 0 Å². The van der Waals surface area contributed by atoms with Crippen molar-refractivity contribution in [1.29, 1.82) is 0 Å². The third kappa shape index (κ3) is 3.61. The lowest BCUT2D eigenvalue weighted by molar-refractivity contribution is -0.385.